The topological polar surface area (TPSA) is 25.8 Å². The van der Waals surface area contributed by atoms with Gasteiger partial charge in [0.25, 0.3) is 0 Å². The van der Waals surface area contributed by atoms with Crippen molar-refractivity contribution < 1.29 is 0 Å². The van der Waals surface area contributed by atoms with Crippen LogP contribution in [-0.4, -0.2) is 18.0 Å². The van der Waals surface area contributed by atoms with E-state index in [1.165, 1.54) is 47.9 Å². The van der Waals surface area contributed by atoms with Gasteiger partial charge in [0.15, 0.2) is 0 Å². The highest BCUT2D eigenvalue weighted by Crippen LogP contribution is 2.42. The normalized spacial score (nSPS) is 12.9. The van der Waals surface area contributed by atoms with E-state index in [4.69, 9.17) is 9.97 Å². The zero-order chi connectivity index (χ0) is 24.5. The third kappa shape index (κ3) is 3.67. The second-order valence-electron chi connectivity index (χ2n) is 11.6. The molecule has 0 saturated heterocycles. The van der Waals surface area contributed by atoms with Crippen molar-refractivity contribution in [2.24, 2.45) is 0 Å². The number of nitrogens with zero attached hydrogens (tertiary/aromatic N) is 2. The maximum Gasteiger partial charge on any atom is 0.124 e. The smallest absolute Gasteiger partial charge is 0.124 e. The molecule has 3 heterocycles. The summed E-state index contributed by atoms with van der Waals surface area (Å²) in [6, 6.07) is 24.5. The van der Waals surface area contributed by atoms with Crippen LogP contribution in [0.25, 0.3) is 53.2 Å². The van der Waals surface area contributed by atoms with Gasteiger partial charge in [-0.2, -0.15) is 0 Å². The van der Waals surface area contributed by atoms with Crippen LogP contribution >= 0.6 is 11.3 Å². The van der Waals surface area contributed by atoms with Crippen molar-refractivity contribution in [3.63, 3.8) is 0 Å². The summed E-state index contributed by atoms with van der Waals surface area (Å²) in [7, 11) is -1.68. The Hall–Kier alpha value is -3.08. The summed E-state index contributed by atoms with van der Waals surface area (Å²) >= 11 is 1.78. The summed E-state index contributed by atoms with van der Waals surface area (Å²) in [5.74, 6) is 0. The van der Waals surface area contributed by atoms with Gasteiger partial charge in [-0.25, -0.2) is 9.97 Å². The zero-order valence-corrected chi connectivity index (χ0v) is 23.0. The average molecular weight is 491 g/mol. The average Bonchev–Trinajstić information content (AvgIpc) is 3.20. The molecule has 0 N–H and O–H groups in total. The molecule has 0 spiro atoms. The molecule has 0 bridgehead atoms. The molecule has 0 atom stereocenters. The first-order valence-corrected chi connectivity index (χ1v) is 16.6. The van der Waals surface area contributed by atoms with Crippen molar-refractivity contribution in [1.29, 1.82) is 0 Å². The fourth-order valence-electron chi connectivity index (χ4n) is 5.07. The van der Waals surface area contributed by atoms with Crippen molar-refractivity contribution in [1.82, 2.24) is 9.97 Å². The van der Waals surface area contributed by atoms with E-state index >= 15 is 0 Å². The Kier molecular flexibility index (Phi) is 4.93. The van der Waals surface area contributed by atoms with Crippen molar-refractivity contribution in [2.45, 2.75) is 45.8 Å². The molecule has 3 aromatic heterocycles. The largest absolute Gasteiger partial charge is 0.248 e. The molecule has 0 saturated carbocycles. The third-order valence-electron chi connectivity index (χ3n) is 7.00. The van der Waals surface area contributed by atoms with Gasteiger partial charge in [-0.3, -0.25) is 0 Å². The van der Waals surface area contributed by atoms with Crippen molar-refractivity contribution in [3.8, 4) is 11.3 Å². The highest BCUT2D eigenvalue weighted by molar-refractivity contribution is 7.26. The molecule has 0 unspecified atom stereocenters. The lowest BCUT2D eigenvalue weighted by atomic mass is 9.84. The molecule has 0 amide bonds. The molecule has 0 radical (unpaired) electrons. The molecule has 35 heavy (non-hydrogen) atoms. The minimum Gasteiger partial charge on any atom is -0.248 e. The fourth-order valence-corrected chi connectivity index (χ4v) is 7.80. The van der Waals surface area contributed by atoms with Gasteiger partial charge < -0.3 is 0 Å². The van der Waals surface area contributed by atoms with E-state index in [0.717, 1.165) is 16.0 Å². The Balaban J connectivity index is 1.76. The van der Waals surface area contributed by atoms with Crippen LogP contribution in [-0.2, 0) is 5.41 Å². The van der Waals surface area contributed by atoms with E-state index in [1.54, 1.807) is 11.3 Å². The van der Waals surface area contributed by atoms with E-state index in [-0.39, 0.29) is 5.41 Å². The highest BCUT2D eigenvalue weighted by Gasteiger charge is 2.25. The SMILES string of the molecule is CC(C)(C)c1cc(-c2cc([Si](C)(C)C)c3c(ccc4ccccc43)n2)c2sc3ncccc3c2c1. The van der Waals surface area contributed by atoms with Crippen LogP contribution in [0, 0.1) is 0 Å². The van der Waals surface area contributed by atoms with Crippen LogP contribution in [0.1, 0.15) is 26.3 Å². The number of hydrogen-bond donors (Lipinski definition) is 0. The molecule has 6 rings (SSSR count). The minimum absolute atomic E-state index is 0.0358. The zero-order valence-electron chi connectivity index (χ0n) is 21.2. The molecule has 174 valence electrons. The van der Waals surface area contributed by atoms with E-state index in [1.807, 2.05) is 12.3 Å². The monoisotopic (exact) mass is 490 g/mol. The highest BCUT2D eigenvalue weighted by atomic mass is 32.1. The van der Waals surface area contributed by atoms with Gasteiger partial charge >= 0.3 is 0 Å². The molecule has 0 aliphatic heterocycles. The number of pyridine rings is 2. The fraction of sp³-hybridized carbons (Fsp3) is 0.226. The van der Waals surface area contributed by atoms with Gasteiger partial charge in [0, 0.05) is 32.6 Å². The van der Waals surface area contributed by atoms with Crippen LogP contribution in [0.5, 0.6) is 0 Å². The Morgan fingerprint density at radius 1 is 0.800 bits per heavy atom. The van der Waals surface area contributed by atoms with Crippen molar-refractivity contribution in [2.75, 3.05) is 0 Å². The van der Waals surface area contributed by atoms with Gasteiger partial charge in [0.05, 0.1) is 19.3 Å². The molecule has 0 fully saturated rings. The van der Waals surface area contributed by atoms with E-state index in [2.05, 4.69) is 101 Å². The van der Waals surface area contributed by atoms with Crippen LogP contribution < -0.4 is 5.19 Å². The minimum atomic E-state index is -1.68. The lowest BCUT2D eigenvalue weighted by Gasteiger charge is -2.23. The van der Waals surface area contributed by atoms with Gasteiger partial charge in [-0.05, 0) is 63.3 Å². The lowest BCUT2D eigenvalue weighted by Crippen LogP contribution is -2.38. The maximum absolute atomic E-state index is 5.32. The molecule has 0 aliphatic rings. The molecule has 3 aromatic carbocycles. The van der Waals surface area contributed by atoms with Gasteiger partial charge in [-0.15, -0.1) is 11.3 Å². The molecule has 4 heteroatoms. The Morgan fingerprint density at radius 3 is 2.34 bits per heavy atom. The summed E-state index contributed by atoms with van der Waals surface area (Å²) in [5, 5.41) is 7.91. The Bertz CT molecular complexity index is 1770. The summed E-state index contributed by atoms with van der Waals surface area (Å²) < 4.78 is 1.28. The summed E-state index contributed by atoms with van der Waals surface area (Å²) in [6.07, 6.45) is 1.89. The predicted octanol–water partition coefficient (Wildman–Crippen LogP) is 8.66. The second-order valence-corrected chi connectivity index (χ2v) is 17.6. The number of benzene rings is 3. The number of aromatic nitrogens is 2. The van der Waals surface area contributed by atoms with Crippen molar-refractivity contribution in [3.05, 3.63) is 78.5 Å². The number of rotatable bonds is 2. The molecule has 2 nitrogen and oxygen atoms in total. The third-order valence-corrected chi connectivity index (χ3v) is 10.2. The predicted molar refractivity (Wildman–Crippen MR) is 157 cm³/mol. The number of thiophene rings is 1. The van der Waals surface area contributed by atoms with Crippen LogP contribution in [0.4, 0.5) is 0 Å². The molecule has 0 aliphatic carbocycles. The van der Waals surface area contributed by atoms with E-state index < -0.39 is 8.07 Å². The summed E-state index contributed by atoms with van der Waals surface area (Å²) in [5.41, 5.74) is 4.76. The number of hydrogen-bond acceptors (Lipinski definition) is 3. The van der Waals surface area contributed by atoms with Crippen LogP contribution in [0.3, 0.4) is 0 Å². The van der Waals surface area contributed by atoms with Crippen molar-refractivity contribution >= 4 is 66.6 Å². The van der Waals surface area contributed by atoms with Gasteiger partial charge in [-0.1, -0.05) is 70.7 Å². The lowest BCUT2D eigenvalue weighted by molar-refractivity contribution is 0.591. The molecular formula is C31H30N2SSi. The van der Waals surface area contributed by atoms with E-state index in [9.17, 15) is 0 Å². The Morgan fingerprint density at radius 2 is 1.57 bits per heavy atom. The summed E-state index contributed by atoms with van der Waals surface area (Å²) in [4.78, 5) is 11.1. The van der Waals surface area contributed by atoms with Gasteiger partial charge in [0.1, 0.15) is 4.83 Å². The van der Waals surface area contributed by atoms with Gasteiger partial charge in [0.2, 0.25) is 0 Å². The first-order chi connectivity index (χ1) is 16.6. The summed E-state index contributed by atoms with van der Waals surface area (Å²) in [6.45, 7) is 14.2. The molecular weight excluding hydrogens is 461 g/mol. The maximum atomic E-state index is 5.32. The Labute approximate surface area is 211 Å². The first kappa shape index (κ1) is 22.4. The standard InChI is InChI=1S/C31H30N2SSi/c1-31(2,3)20-16-23-22-12-9-15-32-30(22)34-29(23)24(17-20)26-18-27(35(4,5)6)28-21-11-8-7-10-19(21)13-14-25(28)33-26/h7-18H,1-6H3. The van der Waals surface area contributed by atoms with Crippen LogP contribution in [0.2, 0.25) is 19.6 Å². The molecule has 6 aromatic rings. The number of fused-ring (bicyclic) bond motifs is 6. The van der Waals surface area contributed by atoms with E-state index in [0.29, 0.717) is 0 Å². The first-order valence-electron chi connectivity index (χ1n) is 12.3. The second kappa shape index (κ2) is 7.71. The van der Waals surface area contributed by atoms with Crippen LogP contribution in [0.15, 0.2) is 72.9 Å². The quantitative estimate of drug-likeness (QED) is 0.179.